The number of aryl methyl sites for hydroxylation is 1. The van der Waals surface area contributed by atoms with E-state index in [-0.39, 0.29) is 12.0 Å². The van der Waals surface area contributed by atoms with E-state index >= 15 is 0 Å². The summed E-state index contributed by atoms with van der Waals surface area (Å²) in [6.07, 6.45) is 0.210. The van der Waals surface area contributed by atoms with E-state index in [1.165, 1.54) is 3.57 Å². The van der Waals surface area contributed by atoms with Crippen molar-refractivity contribution >= 4 is 34.2 Å². The largest absolute Gasteiger partial charge is 0.376 e. The van der Waals surface area contributed by atoms with Crippen molar-refractivity contribution in [1.82, 2.24) is 4.90 Å². The van der Waals surface area contributed by atoms with Crippen LogP contribution in [0.3, 0.4) is 0 Å². The van der Waals surface area contributed by atoms with E-state index in [2.05, 4.69) is 38.9 Å². The average Bonchev–Trinajstić information content (AvgIpc) is 2.33. The number of carbonyl (C=O) groups excluding carboxylic acids is 1. The summed E-state index contributed by atoms with van der Waals surface area (Å²) in [7, 11) is 0. The quantitative estimate of drug-likeness (QED) is 0.826. The van der Waals surface area contributed by atoms with Crippen molar-refractivity contribution in [3.63, 3.8) is 0 Å². The second kappa shape index (κ2) is 6.67. The SMILES string of the molecule is Cc1cc(I)ccc1NC(=O)CN1CCO[C@@H](C)C1. The Kier molecular flexibility index (Phi) is 5.18. The highest BCUT2D eigenvalue weighted by atomic mass is 127. The van der Waals surface area contributed by atoms with Crippen LogP contribution in [0.1, 0.15) is 12.5 Å². The molecule has 1 aliphatic heterocycles. The lowest BCUT2D eigenvalue weighted by molar-refractivity contribution is -0.119. The van der Waals surface area contributed by atoms with Gasteiger partial charge in [-0.3, -0.25) is 9.69 Å². The number of hydrogen-bond acceptors (Lipinski definition) is 3. The molecule has 104 valence electrons. The molecule has 2 rings (SSSR count). The third kappa shape index (κ3) is 4.43. The van der Waals surface area contributed by atoms with Gasteiger partial charge in [0.1, 0.15) is 0 Å². The topological polar surface area (TPSA) is 41.6 Å². The molecule has 0 aromatic heterocycles. The van der Waals surface area contributed by atoms with Crippen molar-refractivity contribution in [2.24, 2.45) is 0 Å². The van der Waals surface area contributed by atoms with E-state index in [4.69, 9.17) is 4.74 Å². The van der Waals surface area contributed by atoms with Crippen molar-refractivity contribution in [1.29, 1.82) is 0 Å². The minimum atomic E-state index is 0.0402. The predicted molar refractivity (Wildman–Crippen MR) is 84.4 cm³/mol. The maximum atomic E-state index is 12.0. The second-order valence-corrected chi connectivity index (χ2v) is 6.17. The fourth-order valence-electron chi connectivity index (χ4n) is 2.19. The molecule has 1 saturated heterocycles. The first-order valence-electron chi connectivity index (χ1n) is 6.44. The van der Waals surface area contributed by atoms with Gasteiger partial charge in [0.2, 0.25) is 5.91 Å². The molecule has 0 aliphatic carbocycles. The van der Waals surface area contributed by atoms with Crippen LogP contribution in [0.4, 0.5) is 5.69 Å². The number of hydrogen-bond donors (Lipinski definition) is 1. The number of amides is 1. The van der Waals surface area contributed by atoms with E-state index in [1.54, 1.807) is 0 Å². The number of nitrogens with one attached hydrogen (secondary N) is 1. The number of carbonyl (C=O) groups is 1. The number of halogens is 1. The Hall–Kier alpha value is -0.660. The fraction of sp³-hybridized carbons (Fsp3) is 0.500. The summed E-state index contributed by atoms with van der Waals surface area (Å²) in [6, 6.07) is 6.02. The van der Waals surface area contributed by atoms with Gasteiger partial charge in [-0.2, -0.15) is 0 Å². The highest BCUT2D eigenvalue weighted by Crippen LogP contribution is 2.17. The summed E-state index contributed by atoms with van der Waals surface area (Å²) in [5.74, 6) is 0.0402. The number of rotatable bonds is 3. The van der Waals surface area contributed by atoms with Crippen LogP contribution in [-0.4, -0.2) is 43.2 Å². The van der Waals surface area contributed by atoms with Gasteiger partial charge in [0, 0.05) is 22.3 Å². The molecule has 1 amide bonds. The molecule has 0 bridgehead atoms. The minimum absolute atomic E-state index is 0.0402. The molecule has 0 radical (unpaired) electrons. The predicted octanol–water partition coefficient (Wildman–Crippen LogP) is 2.26. The molecular weight excluding hydrogens is 355 g/mol. The Morgan fingerprint density at radius 2 is 2.37 bits per heavy atom. The van der Waals surface area contributed by atoms with E-state index in [0.29, 0.717) is 13.2 Å². The number of anilines is 1. The van der Waals surface area contributed by atoms with Crippen molar-refractivity contribution in [3.8, 4) is 0 Å². The van der Waals surface area contributed by atoms with E-state index < -0.39 is 0 Å². The van der Waals surface area contributed by atoms with Gasteiger partial charge >= 0.3 is 0 Å². The van der Waals surface area contributed by atoms with Crippen LogP contribution in [0, 0.1) is 10.5 Å². The lowest BCUT2D eigenvalue weighted by Crippen LogP contribution is -2.44. The highest BCUT2D eigenvalue weighted by molar-refractivity contribution is 14.1. The average molecular weight is 374 g/mol. The van der Waals surface area contributed by atoms with Crippen LogP contribution in [-0.2, 0) is 9.53 Å². The van der Waals surface area contributed by atoms with Crippen LogP contribution in [0.2, 0.25) is 0 Å². The van der Waals surface area contributed by atoms with Gasteiger partial charge in [0.05, 0.1) is 19.3 Å². The number of benzene rings is 1. The molecule has 1 fully saturated rings. The number of ether oxygens (including phenoxy) is 1. The van der Waals surface area contributed by atoms with Crippen LogP contribution in [0.5, 0.6) is 0 Å². The Morgan fingerprint density at radius 1 is 1.58 bits per heavy atom. The first-order valence-corrected chi connectivity index (χ1v) is 7.52. The summed E-state index contributed by atoms with van der Waals surface area (Å²) in [5.41, 5.74) is 1.99. The van der Waals surface area contributed by atoms with Gasteiger partial charge in [-0.05, 0) is 60.2 Å². The molecule has 19 heavy (non-hydrogen) atoms. The Labute approximate surface area is 127 Å². The first kappa shape index (κ1) is 14.7. The van der Waals surface area contributed by atoms with E-state index in [9.17, 15) is 4.79 Å². The van der Waals surface area contributed by atoms with Gasteiger partial charge in [-0.25, -0.2) is 0 Å². The van der Waals surface area contributed by atoms with Crippen molar-refractivity contribution in [2.75, 3.05) is 31.6 Å². The summed E-state index contributed by atoms with van der Waals surface area (Å²) in [4.78, 5) is 14.2. The zero-order chi connectivity index (χ0) is 13.8. The molecule has 1 heterocycles. The smallest absolute Gasteiger partial charge is 0.238 e. The summed E-state index contributed by atoms with van der Waals surface area (Å²) in [5, 5.41) is 2.97. The lowest BCUT2D eigenvalue weighted by Gasteiger charge is -2.30. The number of nitrogens with zero attached hydrogens (tertiary/aromatic N) is 1. The molecule has 5 heteroatoms. The minimum Gasteiger partial charge on any atom is -0.376 e. The van der Waals surface area contributed by atoms with Crippen LogP contribution in [0.15, 0.2) is 18.2 Å². The molecule has 1 aromatic carbocycles. The summed E-state index contributed by atoms with van der Waals surface area (Å²) >= 11 is 2.27. The monoisotopic (exact) mass is 374 g/mol. The molecule has 0 spiro atoms. The lowest BCUT2D eigenvalue weighted by atomic mass is 10.2. The molecule has 0 unspecified atom stereocenters. The maximum Gasteiger partial charge on any atom is 0.238 e. The van der Waals surface area contributed by atoms with Gasteiger partial charge < -0.3 is 10.1 Å². The molecule has 1 N–H and O–H groups in total. The fourth-order valence-corrected chi connectivity index (χ4v) is 2.84. The Bertz CT molecular complexity index is 465. The van der Waals surface area contributed by atoms with Crippen molar-refractivity contribution in [2.45, 2.75) is 20.0 Å². The summed E-state index contributed by atoms with van der Waals surface area (Å²) in [6.45, 7) is 6.82. The molecule has 1 aromatic rings. The van der Waals surface area contributed by atoms with Crippen LogP contribution in [0.25, 0.3) is 0 Å². The van der Waals surface area contributed by atoms with Gasteiger partial charge in [0.15, 0.2) is 0 Å². The van der Waals surface area contributed by atoms with Crippen molar-refractivity contribution < 1.29 is 9.53 Å². The van der Waals surface area contributed by atoms with Gasteiger partial charge in [0.25, 0.3) is 0 Å². The molecule has 0 saturated carbocycles. The third-order valence-corrected chi connectivity index (χ3v) is 3.83. The van der Waals surface area contributed by atoms with Crippen molar-refractivity contribution in [3.05, 3.63) is 27.3 Å². The zero-order valence-corrected chi connectivity index (χ0v) is 13.4. The third-order valence-electron chi connectivity index (χ3n) is 3.15. The van der Waals surface area contributed by atoms with Crippen LogP contribution >= 0.6 is 22.6 Å². The zero-order valence-electron chi connectivity index (χ0n) is 11.3. The summed E-state index contributed by atoms with van der Waals surface area (Å²) < 4.78 is 6.64. The van der Waals surface area contributed by atoms with Gasteiger partial charge in [-0.15, -0.1) is 0 Å². The normalized spacial score (nSPS) is 20.3. The first-order chi connectivity index (χ1) is 9.04. The number of morpholine rings is 1. The standard InChI is InChI=1S/C14H19IN2O2/c1-10-7-12(15)3-4-13(10)16-14(18)9-17-5-6-19-11(2)8-17/h3-4,7,11H,5-6,8-9H2,1-2H3,(H,16,18)/t11-/m0/s1. The molecular formula is C14H19IN2O2. The Balaban J connectivity index is 1.90. The van der Waals surface area contributed by atoms with E-state index in [1.807, 2.05) is 26.0 Å². The molecule has 1 atom stereocenters. The van der Waals surface area contributed by atoms with Gasteiger partial charge in [-0.1, -0.05) is 0 Å². The Morgan fingerprint density at radius 3 is 3.05 bits per heavy atom. The second-order valence-electron chi connectivity index (χ2n) is 4.92. The maximum absolute atomic E-state index is 12.0. The highest BCUT2D eigenvalue weighted by Gasteiger charge is 2.19. The molecule has 4 nitrogen and oxygen atoms in total. The molecule has 1 aliphatic rings. The van der Waals surface area contributed by atoms with Crippen LogP contribution < -0.4 is 5.32 Å². The van der Waals surface area contributed by atoms with E-state index in [0.717, 1.165) is 24.3 Å².